The Morgan fingerprint density at radius 3 is 1.17 bits per heavy atom. The van der Waals surface area contributed by atoms with Gasteiger partial charge in [0.2, 0.25) is 0 Å². The molecule has 13 nitrogen and oxygen atoms in total. The molecule has 0 heterocycles. The molecule has 0 spiro atoms. The molecule has 0 radical (unpaired) electrons. The van der Waals surface area contributed by atoms with Gasteiger partial charge in [0, 0.05) is 23.8 Å². The Labute approximate surface area is 202 Å². The highest BCUT2D eigenvalue weighted by molar-refractivity contribution is 7.38. The predicted octanol–water partition coefficient (Wildman–Crippen LogP) is 0.125. The summed E-state index contributed by atoms with van der Waals surface area (Å²) in [4.78, 5) is 36.3. The van der Waals surface area contributed by atoms with Crippen LogP contribution in [0.2, 0.25) is 0 Å². The smallest absolute Gasteiger partial charge is 0.478 e. The van der Waals surface area contributed by atoms with Gasteiger partial charge in [-0.1, -0.05) is 50.1 Å². The number of rotatable bonds is 9. The van der Waals surface area contributed by atoms with E-state index in [-0.39, 0.29) is 0 Å². The summed E-state index contributed by atoms with van der Waals surface area (Å²) in [5.41, 5.74) is -0.642. The number of carboxylic acids is 3. The lowest BCUT2D eigenvalue weighted by Crippen LogP contribution is -2.37. The Morgan fingerprint density at radius 1 is 0.771 bits per heavy atom. The van der Waals surface area contributed by atoms with Crippen LogP contribution >= 0.6 is 8.03 Å². The van der Waals surface area contributed by atoms with Crippen LogP contribution in [0.3, 0.4) is 0 Å². The van der Waals surface area contributed by atoms with Crippen molar-refractivity contribution in [1.29, 1.82) is 0 Å². The summed E-state index contributed by atoms with van der Waals surface area (Å²) >= 11 is 0. The summed E-state index contributed by atoms with van der Waals surface area (Å²) < 4.78 is 10.4. The summed E-state index contributed by atoms with van der Waals surface area (Å²) in [5.74, 6) is -4.20. The second kappa shape index (κ2) is 25.3. The van der Waals surface area contributed by atoms with E-state index in [0.717, 1.165) is 18.2 Å². The minimum atomic E-state index is -2.53. The largest absolute Gasteiger partial charge is 0.542 e. The summed E-state index contributed by atoms with van der Waals surface area (Å²) in [7, 11) is -2.53. The third-order valence-electron chi connectivity index (χ3n) is 3.17. The van der Waals surface area contributed by atoms with E-state index in [4.69, 9.17) is 45.7 Å². The third-order valence-corrected chi connectivity index (χ3v) is 3.89. The first kappa shape index (κ1) is 38.9. The summed E-state index contributed by atoms with van der Waals surface area (Å²) in [6, 6.07) is 8.40. The maximum absolute atomic E-state index is 10.4. The Bertz CT molecular complexity index is 701. The molecule has 1 aromatic rings. The number of aliphatic hydroxyl groups excluding tert-OH is 5. The average molecular weight is 523 g/mol. The zero-order valence-corrected chi connectivity index (χ0v) is 19.6. The van der Waals surface area contributed by atoms with E-state index in [1.807, 2.05) is 0 Å². The molecule has 0 saturated carbocycles. The van der Waals surface area contributed by atoms with Gasteiger partial charge in [0.05, 0.1) is 31.8 Å². The van der Waals surface area contributed by atoms with E-state index >= 15 is 0 Å². The molecule has 0 fully saturated rings. The lowest BCUT2D eigenvalue weighted by atomic mass is 9.93. The van der Waals surface area contributed by atoms with Crippen molar-refractivity contribution in [3.8, 4) is 0 Å². The fourth-order valence-electron chi connectivity index (χ4n) is 1.05. The Morgan fingerprint density at radius 2 is 1.03 bits per heavy atom. The maximum atomic E-state index is 10.4. The van der Waals surface area contributed by atoms with Gasteiger partial charge in [-0.2, -0.15) is 4.89 Å². The molecule has 0 aromatic heterocycles. The monoisotopic (exact) mass is 523 g/mol. The van der Waals surface area contributed by atoms with Crippen LogP contribution in [0.25, 0.3) is 0 Å². The average Bonchev–Trinajstić information content (AvgIpc) is 2.87. The molecular weight excluding hydrogens is 491 g/mol. The zero-order valence-electron chi connectivity index (χ0n) is 18.8. The van der Waals surface area contributed by atoms with Gasteiger partial charge < -0.3 is 40.9 Å². The van der Waals surface area contributed by atoms with Gasteiger partial charge in [-0.15, -0.1) is 0 Å². The van der Waals surface area contributed by atoms with Crippen LogP contribution in [0.4, 0.5) is 0 Å². The molecule has 0 aliphatic carbocycles. The third kappa shape index (κ3) is 26.8. The number of aliphatic hydroxyl groups is 5. The molecule has 1 aromatic carbocycles. The van der Waals surface area contributed by atoms with Crippen LogP contribution in [0.5, 0.6) is 0 Å². The first-order valence-corrected chi connectivity index (χ1v) is 10.4. The number of aliphatic carboxylic acids is 3. The molecule has 35 heavy (non-hydrogen) atoms. The Hall–Kier alpha value is -3.29. The van der Waals surface area contributed by atoms with Crippen molar-refractivity contribution >= 4 is 25.9 Å². The minimum Gasteiger partial charge on any atom is -0.478 e. The van der Waals surface area contributed by atoms with Crippen LogP contribution < -0.4 is 0 Å². The van der Waals surface area contributed by atoms with Crippen molar-refractivity contribution in [2.45, 2.75) is 5.85 Å². The fourth-order valence-corrected chi connectivity index (χ4v) is 1.48. The fraction of sp³-hybridized carbons (Fsp3) is 0.286. The predicted molar refractivity (Wildman–Crippen MR) is 126 cm³/mol. The lowest BCUT2D eigenvalue weighted by molar-refractivity contribution is -0.132. The zero-order chi connectivity index (χ0) is 28.4. The number of benzene rings is 1. The summed E-state index contributed by atoms with van der Waals surface area (Å²) in [6.45, 7) is 7.26. The van der Waals surface area contributed by atoms with Crippen LogP contribution in [-0.2, 0) is 18.9 Å². The highest BCUT2D eigenvalue weighted by Gasteiger charge is 2.27. The van der Waals surface area contributed by atoms with Crippen molar-refractivity contribution in [2.75, 3.05) is 26.4 Å². The second-order valence-electron chi connectivity index (χ2n) is 5.85. The standard InChI is InChI=1S/C7H7O3P.C5H12O4.3C3H4O2/c8-7(11(9)10)6-4-2-1-3-5-6;6-1-5(2-7,3-8)4-9;3*1-2-3(4)5/h1-5,7-8H;6-9H,1-4H2;3*2H,1H2,(H,4,5)/p+1. The van der Waals surface area contributed by atoms with Crippen molar-refractivity contribution in [3.63, 3.8) is 0 Å². The van der Waals surface area contributed by atoms with E-state index < -0.39 is 63.6 Å². The van der Waals surface area contributed by atoms with E-state index in [1.165, 1.54) is 0 Å². The van der Waals surface area contributed by atoms with Crippen molar-refractivity contribution < 1.29 is 64.7 Å². The SMILES string of the molecule is C=CC(=O)O.C=CC(=O)O.C=CC(=O)O.O=[P+](O)C(O)c1ccccc1.OCC(CO)(CO)CO. The second-order valence-corrected chi connectivity index (χ2v) is 6.94. The Kier molecular flexibility index (Phi) is 28.2. The molecule has 2 unspecified atom stereocenters. The van der Waals surface area contributed by atoms with Gasteiger partial charge in [0.1, 0.15) is 0 Å². The van der Waals surface area contributed by atoms with Crippen LogP contribution in [0, 0.1) is 5.41 Å². The molecule has 0 saturated heterocycles. The van der Waals surface area contributed by atoms with Crippen LogP contribution in [-0.4, -0.2) is 90.1 Å². The molecule has 0 bridgehead atoms. The van der Waals surface area contributed by atoms with Gasteiger partial charge in [-0.25, -0.2) is 14.4 Å². The summed E-state index contributed by atoms with van der Waals surface area (Å²) in [5, 5.41) is 65.9. The number of carboxylic acid groups (broad SMARTS) is 3. The molecule has 0 aliphatic heterocycles. The van der Waals surface area contributed by atoms with Crippen molar-refractivity contribution in [2.24, 2.45) is 5.41 Å². The topological polar surface area (TPSA) is 250 Å². The lowest BCUT2D eigenvalue weighted by Gasteiger charge is -2.23. The normalized spacial score (nSPS) is 10.3. The summed E-state index contributed by atoms with van der Waals surface area (Å²) in [6.07, 6.45) is 2.50. The first-order chi connectivity index (χ1) is 16.3. The van der Waals surface area contributed by atoms with E-state index in [0.29, 0.717) is 5.56 Å². The van der Waals surface area contributed by atoms with Crippen LogP contribution in [0.1, 0.15) is 11.4 Å². The molecule has 0 amide bonds. The molecule has 198 valence electrons. The molecular formula is C21H32O13P+. The van der Waals surface area contributed by atoms with E-state index in [1.54, 1.807) is 30.3 Å². The van der Waals surface area contributed by atoms with Crippen LogP contribution in [0.15, 0.2) is 68.3 Å². The highest BCUT2D eigenvalue weighted by atomic mass is 31.1. The van der Waals surface area contributed by atoms with Gasteiger partial charge in [0.25, 0.3) is 0 Å². The molecule has 0 aliphatic rings. The number of hydrogen-bond donors (Lipinski definition) is 9. The minimum absolute atomic E-state index is 0.406. The van der Waals surface area contributed by atoms with Crippen molar-refractivity contribution in [1.82, 2.24) is 0 Å². The van der Waals surface area contributed by atoms with Crippen molar-refractivity contribution in [3.05, 3.63) is 73.9 Å². The maximum Gasteiger partial charge on any atom is 0.542 e. The molecule has 1 rings (SSSR count). The van der Waals surface area contributed by atoms with E-state index in [9.17, 15) is 18.9 Å². The van der Waals surface area contributed by atoms with Gasteiger partial charge >= 0.3 is 31.8 Å². The van der Waals surface area contributed by atoms with Gasteiger partial charge in [-0.05, 0) is 4.57 Å². The number of carbonyl (C=O) groups is 3. The van der Waals surface area contributed by atoms with Gasteiger partial charge in [0.15, 0.2) is 0 Å². The van der Waals surface area contributed by atoms with E-state index in [2.05, 4.69) is 19.7 Å². The molecule has 14 heteroatoms. The molecule has 2 atom stereocenters. The first-order valence-electron chi connectivity index (χ1n) is 9.15. The number of hydrogen-bond acceptors (Lipinski definition) is 9. The Balaban J connectivity index is -0.000000181. The van der Waals surface area contributed by atoms with Gasteiger partial charge in [-0.3, -0.25) is 0 Å². The quantitative estimate of drug-likeness (QED) is 0.154. The molecule has 9 N–H and O–H groups in total. The highest BCUT2D eigenvalue weighted by Crippen LogP contribution is 2.34.